The first-order chi connectivity index (χ1) is 13.7. The number of benzene rings is 3. The Bertz CT molecular complexity index is 1050. The van der Waals surface area contributed by atoms with E-state index < -0.39 is 6.23 Å². The van der Waals surface area contributed by atoms with Crippen LogP contribution in [0.3, 0.4) is 0 Å². The average molecular weight is 374 g/mol. The number of para-hydroxylation sites is 1. The Labute approximate surface area is 162 Å². The highest BCUT2D eigenvalue weighted by molar-refractivity contribution is 6.02. The molecule has 0 aromatic heterocycles. The van der Waals surface area contributed by atoms with Crippen LogP contribution in [0.1, 0.15) is 35.4 Å². The summed E-state index contributed by atoms with van der Waals surface area (Å²) in [7, 11) is 1.65. The molecule has 28 heavy (non-hydrogen) atoms. The van der Waals surface area contributed by atoms with Gasteiger partial charge in [-0.05, 0) is 48.0 Å². The number of nitrogens with zero attached hydrogens (tertiary/aromatic N) is 2. The summed E-state index contributed by atoms with van der Waals surface area (Å²) in [5.41, 5.74) is 3.88. The molecule has 0 unspecified atom stereocenters. The van der Waals surface area contributed by atoms with Crippen molar-refractivity contribution in [3.8, 4) is 11.5 Å². The number of hydrogen-bond donors (Lipinski definition) is 0. The number of fused-ring (bicyclic) bond motifs is 3. The molecule has 0 bridgehead atoms. The Morgan fingerprint density at radius 2 is 1.86 bits per heavy atom. The lowest BCUT2D eigenvalue weighted by Gasteiger charge is -2.38. The van der Waals surface area contributed by atoms with Crippen molar-refractivity contribution in [2.24, 2.45) is 5.10 Å². The lowest BCUT2D eigenvalue weighted by Crippen LogP contribution is -2.33. The van der Waals surface area contributed by atoms with Gasteiger partial charge in [0.05, 0.1) is 18.9 Å². The fourth-order valence-electron chi connectivity index (χ4n) is 3.87. The monoisotopic (exact) mass is 374 g/mol. The molecule has 3 aromatic carbocycles. The van der Waals surface area contributed by atoms with E-state index in [4.69, 9.17) is 14.6 Å². The van der Waals surface area contributed by atoms with Crippen molar-refractivity contribution in [3.05, 3.63) is 95.3 Å². The predicted octanol–water partition coefficient (Wildman–Crippen LogP) is 5.08. The highest BCUT2D eigenvalue weighted by atomic mass is 19.1. The lowest BCUT2D eigenvalue weighted by molar-refractivity contribution is -0.0192. The van der Waals surface area contributed by atoms with Gasteiger partial charge in [-0.2, -0.15) is 5.10 Å². The third-order valence-electron chi connectivity index (χ3n) is 5.26. The summed E-state index contributed by atoms with van der Waals surface area (Å²) < 4.78 is 25.3. The summed E-state index contributed by atoms with van der Waals surface area (Å²) in [6, 6.07) is 22.5. The second kappa shape index (κ2) is 6.68. The number of rotatable bonds is 3. The lowest BCUT2D eigenvalue weighted by atomic mass is 9.96. The summed E-state index contributed by atoms with van der Waals surface area (Å²) in [5.74, 6) is 1.35. The third-order valence-corrected chi connectivity index (χ3v) is 5.26. The van der Waals surface area contributed by atoms with Gasteiger partial charge in [-0.15, -0.1) is 0 Å². The van der Waals surface area contributed by atoms with Crippen LogP contribution in [0.25, 0.3) is 0 Å². The van der Waals surface area contributed by atoms with E-state index in [0.29, 0.717) is 0 Å². The molecule has 0 fully saturated rings. The zero-order valence-electron chi connectivity index (χ0n) is 15.4. The van der Waals surface area contributed by atoms with Gasteiger partial charge in [0, 0.05) is 17.5 Å². The molecule has 0 spiro atoms. The Kier molecular flexibility index (Phi) is 4.01. The van der Waals surface area contributed by atoms with Crippen LogP contribution < -0.4 is 9.47 Å². The van der Waals surface area contributed by atoms with Gasteiger partial charge in [-0.1, -0.05) is 30.3 Å². The highest BCUT2D eigenvalue weighted by Gasteiger charge is 2.40. The van der Waals surface area contributed by atoms with Crippen LogP contribution in [0.2, 0.25) is 0 Å². The SMILES string of the molecule is COc1ccc(C2=NN3[C@@H](c4cccc(F)c4)Oc4ccccc4[C@@H]3C2)cc1. The Hall–Kier alpha value is -3.34. The molecule has 0 N–H and O–H groups in total. The van der Waals surface area contributed by atoms with Gasteiger partial charge in [0.1, 0.15) is 17.3 Å². The van der Waals surface area contributed by atoms with Crippen LogP contribution in [0.15, 0.2) is 77.9 Å². The maximum Gasteiger partial charge on any atom is 0.213 e. The minimum atomic E-state index is -0.466. The summed E-state index contributed by atoms with van der Waals surface area (Å²) in [6.07, 6.45) is 0.296. The van der Waals surface area contributed by atoms with E-state index in [9.17, 15) is 4.39 Å². The van der Waals surface area contributed by atoms with E-state index in [1.165, 1.54) is 12.1 Å². The summed E-state index contributed by atoms with van der Waals surface area (Å²) in [4.78, 5) is 0. The molecular weight excluding hydrogens is 355 g/mol. The molecule has 2 heterocycles. The zero-order chi connectivity index (χ0) is 19.1. The molecule has 5 heteroatoms. The van der Waals surface area contributed by atoms with Crippen molar-refractivity contribution in [3.63, 3.8) is 0 Å². The van der Waals surface area contributed by atoms with Crippen molar-refractivity contribution in [1.29, 1.82) is 0 Å². The summed E-state index contributed by atoms with van der Waals surface area (Å²) in [6.45, 7) is 0. The fraction of sp³-hybridized carbons (Fsp3) is 0.174. The van der Waals surface area contributed by atoms with E-state index >= 15 is 0 Å². The predicted molar refractivity (Wildman–Crippen MR) is 105 cm³/mol. The molecule has 2 aliphatic rings. The minimum Gasteiger partial charge on any atom is -0.497 e. The van der Waals surface area contributed by atoms with E-state index in [1.807, 2.05) is 53.5 Å². The number of hydrogen-bond acceptors (Lipinski definition) is 4. The first-order valence-electron chi connectivity index (χ1n) is 9.24. The van der Waals surface area contributed by atoms with E-state index in [-0.39, 0.29) is 11.9 Å². The van der Waals surface area contributed by atoms with Gasteiger partial charge < -0.3 is 9.47 Å². The normalized spacial score (nSPS) is 20.1. The van der Waals surface area contributed by atoms with Crippen LogP contribution in [0.4, 0.5) is 4.39 Å². The third kappa shape index (κ3) is 2.80. The van der Waals surface area contributed by atoms with Crippen LogP contribution in [0.5, 0.6) is 11.5 Å². The number of halogens is 1. The van der Waals surface area contributed by atoms with Gasteiger partial charge in [0.25, 0.3) is 0 Å². The molecule has 0 saturated heterocycles. The molecule has 3 aromatic rings. The maximum atomic E-state index is 13.9. The topological polar surface area (TPSA) is 34.1 Å². The van der Waals surface area contributed by atoms with Crippen molar-refractivity contribution in [1.82, 2.24) is 5.01 Å². The Morgan fingerprint density at radius 3 is 2.64 bits per heavy atom. The van der Waals surface area contributed by atoms with Gasteiger partial charge in [-0.25, -0.2) is 9.40 Å². The standard InChI is InChI=1S/C23H19FN2O2/c1-27-18-11-9-15(10-12-18)20-14-21-19-7-2-3-8-22(19)28-23(26(21)25-20)16-5-4-6-17(24)13-16/h2-13,21,23H,14H2,1H3/t21-,23+/m0/s1. The molecule has 0 amide bonds. The van der Waals surface area contributed by atoms with Gasteiger partial charge >= 0.3 is 0 Å². The molecule has 0 radical (unpaired) electrons. The van der Waals surface area contributed by atoms with Crippen molar-refractivity contribution >= 4 is 5.71 Å². The smallest absolute Gasteiger partial charge is 0.213 e. The van der Waals surface area contributed by atoms with E-state index in [2.05, 4.69) is 6.07 Å². The molecule has 140 valence electrons. The molecule has 0 aliphatic carbocycles. The largest absolute Gasteiger partial charge is 0.497 e. The first kappa shape index (κ1) is 16.8. The number of methoxy groups -OCH3 is 1. The van der Waals surface area contributed by atoms with Gasteiger partial charge in [0.2, 0.25) is 6.23 Å². The molecule has 0 saturated carbocycles. The van der Waals surface area contributed by atoms with Gasteiger partial charge in [0.15, 0.2) is 0 Å². The quantitative estimate of drug-likeness (QED) is 0.641. The summed E-state index contributed by atoms with van der Waals surface area (Å²) >= 11 is 0. The van der Waals surface area contributed by atoms with Crippen molar-refractivity contribution in [2.75, 3.05) is 7.11 Å². The molecular formula is C23H19FN2O2. The Balaban J connectivity index is 1.57. The molecule has 5 rings (SSSR count). The maximum absolute atomic E-state index is 13.9. The second-order valence-corrected chi connectivity index (χ2v) is 6.94. The average Bonchev–Trinajstić information content (AvgIpc) is 3.19. The fourth-order valence-corrected chi connectivity index (χ4v) is 3.87. The molecule has 4 nitrogen and oxygen atoms in total. The van der Waals surface area contributed by atoms with Crippen molar-refractivity contribution < 1.29 is 13.9 Å². The van der Waals surface area contributed by atoms with Crippen LogP contribution >= 0.6 is 0 Å². The summed E-state index contributed by atoms with van der Waals surface area (Å²) in [5, 5.41) is 6.84. The number of hydrazone groups is 1. The van der Waals surface area contributed by atoms with E-state index in [0.717, 1.165) is 40.3 Å². The minimum absolute atomic E-state index is 0.0512. The zero-order valence-corrected chi connectivity index (χ0v) is 15.4. The van der Waals surface area contributed by atoms with Crippen LogP contribution in [0, 0.1) is 5.82 Å². The van der Waals surface area contributed by atoms with Crippen molar-refractivity contribution in [2.45, 2.75) is 18.7 Å². The van der Waals surface area contributed by atoms with Gasteiger partial charge in [-0.3, -0.25) is 0 Å². The second-order valence-electron chi connectivity index (χ2n) is 6.94. The number of ether oxygens (including phenoxy) is 2. The molecule has 2 atom stereocenters. The van der Waals surface area contributed by atoms with Crippen LogP contribution in [-0.2, 0) is 0 Å². The highest BCUT2D eigenvalue weighted by Crippen LogP contribution is 2.47. The molecule has 2 aliphatic heterocycles. The van der Waals surface area contributed by atoms with E-state index in [1.54, 1.807) is 13.2 Å². The van der Waals surface area contributed by atoms with Crippen LogP contribution in [-0.4, -0.2) is 17.8 Å². The Morgan fingerprint density at radius 1 is 1.04 bits per heavy atom. The first-order valence-corrected chi connectivity index (χ1v) is 9.24.